The molecule has 0 aromatic carbocycles. The van der Waals surface area contributed by atoms with Gasteiger partial charge in [-0.25, -0.2) is 4.79 Å². The molecule has 0 aromatic heterocycles. The Morgan fingerprint density at radius 1 is 1.47 bits per heavy atom. The van der Waals surface area contributed by atoms with Gasteiger partial charge in [0, 0.05) is 19.1 Å². The molecule has 2 atom stereocenters. The molecule has 0 bridgehead atoms. The third-order valence-electron chi connectivity index (χ3n) is 3.22. The summed E-state index contributed by atoms with van der Waals surface area (Å²) >= 11 is 0. The molecule has 1 rings (SSSR count). The van der Waals surface area contributed by atoms with Crippen LogP contribution in [-0.2, 0) is 4.79 Å². The number of nitrogens with zero attached hydrogens (tertiary/aromatic N) is 1. The summed E-state index contributed by atoms with van der Waals surface area (Å²) in [6.45, 7) is 7.49. The molecule has 5 nitrogen and oxygen atoms in total. The molecule has 1 heterocycles. The van der Waals surface area contributed by atoms with Crippen LogP contribution in [0.3, 0.4) is 0 Å². The molecule has 0 radical (unpaired) electrons. The lowest BCUT2D eigenvalue weighted by Gasteiger charge is -2.24. The van der Waals surface area contributed by atoms with Crippen molar-refractivity contribution in [2.45, 2.75) is 39.7 Å². The van der Waals surface area contributed by atoms with E-state index in [-0.39, 0.29) is 24.4 Å². The van der Waals surface area contributed by atoms with Gasteiger partial charge in [-0.2, -0.15) is 0 Å². The highest BCUT2D eigenvalue weighted by atomic mass is 16.4. The number of carboxylic acids is 1. The molecule has 1 fully saturated rings. The summed E-state index contributed by atoms with van der Waals surface area (Å²) in [6, 6.07) is -0.426. The number of likely N-dealkylation sites (tertiary alicyclic amines) is 1. The number of nitrogens with one attached hydrogen (secondary N) is 1. The van der Waals surface area contributed by atoms with Crippen molar-refractivity contribution < 1.29 is 14.7 Å². The number of hydrogen-bond donors (Lipinski definition) is 2. The monoisotopic (exact) mass is 242 g/mol. The number of urea groups is 1. The van der Waals surface area contributed by atoms with Crippen molar-refractivity contribution in [3.05, 3.63) is 0 Å². The standard InChI is InChI=1S/C12H22N2O3/c1-8(2)10(6-11(15)16)13-12(17)14-5-4-9(3)7-14/h8-10H,4-7H2,1-3H3,(H,13,17)(H,15,16). The van der Waals surface area contributed by atoms with Crippen molar-refractivity contribution >= 4 is 12.0 Å². The molecular formula is C12H22N2O3. The first-order valence-electron chi connectivity index (χ1n) is 6.17. The first-order chi connectivity index (χ1) is 7.90. The molecule has 98 valence electrons. The maximum atomic E-state index is 11.9. The molecule has 17 heavy (non-hydrogen) atoms. The van der Waals surface area contributed by atoms with Crippen molar-refractivity contribution in [3.63, 3.8) is 0 Å². The predicted molar refractivity (Wildman–Crippen MR) is 64.8 cm³/mol. The fourth-order valence-electron chi connectivity index (χ4n) is 2.01. The van der Waals surface area contributed by atoms with E-state index in [0.717, 1.165) is 19.5 Å². The second-order valence-electron chi connectivity index (χ2n) is 5.24. The minimum Gasteiger partial charge on any atom is -0.481 e. The van der Waals surface area contributed by atoms with Crippen LogP contribution >= 0.6 is 0 Å². The van der Waals surface area contributed by atoms with Crippen LogP contribution < -0.4 is 5.32 Å². The Labute approximate surface area is 102 Å². The van der Waals surface area contributed by atoms with Crippen LogP contribution in [0.5, 0.6) is 0 Å². The van der Waals surface area contributed by atoms with Gasteiger partial charge in [0.25, 0.3) is 0 Å². The van der Waals surface area contributed by atoms with Crippen LogP contribution in [0.15, 0.2) is 0 Å². The fraction of sp³-hybridized carbons (Fsp3) is 0.833. The summed E-state index contributed by atoms with van der Waals surface area (Å²) in [5, 5.41) is 11.6. The summed E-state index contributed by atoms with van der Waals surface area (Å²) in [4.78, 5) is 24.4. The van der Waals surface area contributed by atoms with Crippen LogP contribution in [0.25, 0.3) is 0 Å². The van der Waals surface area contributed by atoms with Gasteiger partial charge in [0.2, 0.25) is 0 Å². The van der Waals surface area contributed by atoms with Gasteiger partial charge in [-0.1, -0.05) is 20.8 Å². The quantitative estimate of drug-likeness (QED) is 0.785. The first-order valence-corrected chi connectivity index (χ1v) is 6.17. The third-order valence-corrected chi connectivity index (χ3v) is 3.22. The number of carboxylic acid groups (broad SMARTS) is 1. The lowest BCUT2D eigenvalue weighted by atomic mass is 10.0. The number of carbonyl (C=O) groups excluding carboxylic acids is 1. The van der Waals surface area contributed by atoms with Crippen molar-refractivity contribution in [1.29, 1.82) is 0 Å². The molecule has 0 saturated carbocycles. The number of hydrogen-bond acceptors (Lipinski definition) is 2. The van der Waals surface area contributed by atoms with Crippen LogP contribution in [0.2, 0.25) is 0 Å². The van der Waals surface area contributed by atoms with E-state index in [1.165, 1.54) is 0 Å². The summed E-state index contributed by atoms with van der Waals surface area (Å²) < 4.78 is 0. The largest absolute Gasteiger partial charge is 0.481 e. The number of carbonyl (C=O) groups is 2. The van der Waals surface area contributed by atoms with Crippen LogP contribution in [0, 0.1) is 11.8 Å². The molecule has 1 saturated heterocycles. The second kappa shape index (κ2) is 5.89. The Balaban J connectivity index is 2.49. The number of rotatable bonds is 4. The highest BCUT2D eigenvalue weighted by molar-refractivity contribution is 5.76. The molecule has 2 N–H and O–H groups in total. The summed E-state index contributed by atoms with van der Waals surface area (Å²) in [7, 11) is 0. The van der Waals surface area contributed by atoms with E-state index in [1.54, 1.807) is 4.90 Å². The Kier molecular flexibility index (Phi) is 4.78. The van der Waals surface area contributed by atoms with Gasteiger partial charge in [-0.3, -0.25) is 4.79 Å². The SMILES string of the molecule is CC1CCN(C(=O)NC(CC(=O)O)C(C)C)C1. The minimum atomic E-state index is -0.876. The van der Waals surface area contributed by atoms with Gasteiger partial charge in [0.1, 0.15) is 0 Å². The van der Waals surface area contributed by atoms with E-state index >= 15 is 0 Å². The van der Waals surface area contributed by atoms with Gasteiger partial charge >= 0.3 is 12.0 Å². The zero-order valence-corrected chi connectivity index (χ0v) is 10.8. The van der Waals surface area contributed by atoms with Gasteiger partial charge in [0.15, 0.2) is 0 Å². The molecule has 1 aliphatic rings. The first kappa shape index (κ1) is 13.8. The smallest absolute Gasteiger partial charge is 0.317 e. The van der Waals surface area contributed by atoms with Crippen molar-refractivity contribution in [1.82, 2.24) is 10.2 Å². The van der Waals surface area contributed by atoms with Gasteiger partial charge in [0.05, 0.1) is 6.42 Å². The Morgan fingerprint density at radius 3 is 2.53 bits per heavy atom. The topological polar surface area (TPSA) is 69.6 Å². The summed E-state index contributed by atoms with van der Waals surface area (Å²) in [5.41, 5.74) is 0. The molecule has 2 amide bonds. The maximum Gasteiger partial charge on any atom is 0.317 e. The van der Waals surface area contributed by atoms with E-state index in [1.807, 2.05) is 13.8 Å². The highest BCUT2D eigenvalue weighted by Gasteiger charge is 2.26. The van der Waals surface area contributed by atoms with Crippen LogP contribution in [-0.4, -0.2) is 41.1 Å². The normalized spacial score (nSPS) is 21.6. The Bertz CT molecular complexity index is 291. The van der Waals surface area contributed by atoms with Gasteiger partial charge in [-0.15, -0.1) is 0 Å². The minimum absolute atomic E-state index is 0.0210. The maximum absolute atomic E-state index is 11.9. The van der Waals surface area contributed by atoms with E-state index < -0.39 is 5.97 Å². The summed E-state index contributed by atoms with van der Waals surface area (Å²) in [5.74, 6) is -0.216. The van der Waals surface area contributed by atoms with Crippen molar-refractivity contribution in [3.8, 4) is 0 Å². The Morgan fingerprint density at radius 2 is 2.12 bits per heavy atom. The lowest BCUT2D eigenvalue weighted by Crippen LogP contribution is -2.46. The molecule has 5 heteroatoms. The number of amides is 2. The summed E-state index contributed by atoms with van der Waals surface area (Å²) in [6.07, 6.45) is 1.01. The van der Waals surface area contributed by atoms with Crippen molar-refractivity contribution in [2.75, 3.05) is 13.1 Å². The van der Waals surface area contributed by atoms with E-state index in [9.17, 15) is 9.59 Å². The lowest BCUT2D eigenvalue weighted by molar-refractivity contribution is -0.137. The fourth-order valence-corrected chi connectivity index (χ4v) is 2.01. The second-order valence-corrected chi connectivity index (χ2v) is 5.24. The molecular weight excluding hydrogens is 220 g/mol. The van der Waals surface area contributed by atoms with Crippen LogP contribution in [0.4, 0.5) is 4.79 Å². The molecule has 0 aliphatic carbocycles. The third kappa shape index (κ3) is 4.24. The molecule has 0 aromatic rings. The highest BCUT2D eigenvalue weighted by Crippen LogP contribution is 2.15. The van der Waals surface area contributed by atoms with E-state index in [2.05, 4.69) is 12.2 Å². The van der Waals surface area contributed by atoms with Gasteiger partial charge in [-0.05, 0) is 18.3 Å². The molecule has 0 spiro atoms. The average molecular weight is 242 g/mol. The van der Waals surface area contributed by atoms with E-state index in [4.69, 9.17) is 5.11 Å². The van der Waals surface area contributed by atoms with Crippen molar-refractivity contribution in [2.24, 2.45) is 11.8 Å². The van der Waals surface area contributed by atoms with E-state index in [0.29, 0.717) is 5.92 Å². The number of aliphatic carboxylic acids is 1. The predicted octanol–water partition coefficient (Wildman–Crippen LogP) is 1.54. The van der Waals surface area contributed by atoms with Gasteiger partial charge < -0.3 is 15.3 Å². The molecule has 1 aliphatic heterocycles. The van der Waals surface area contributed by atoms with Crippen LogP contribution in [0.1, 0.15) is 33.6 Å². The Hall–Kier alpha value is -1.26. The zero-order valence-electron chi connectivity index (χ0n) is 10.8. The molecule has 2 unspecified atom stereocenters. The zero-order chi connectivity index (χ0) is 13.0. The average Bonchev–Trinajstić information content (AvgIpc) is 2.63.